The summed E-state index contributed by atoms with van der Waals surface area (Å²) in [6.45, 7) is -0.0764. The fraction of sp³-hybridized carbons (Fsp3) is 0.176. The number of hydrogen-bond donors (Lipinski definition) is 1. The molecule has 0 bridgehead atoms. The van der Waals surface area contributed by atoms with Crippen LogP contribution in [-0.2, 0) is 14.8 Å². The van der Waals surface area contributed by atoms with Crippen LogP contribution in [0.25, 0.3) is 11.0 Å². The third-order valence-electron chi connectivity index (χ3n) is 3.63. The zero-order valence-corrected chi connectivity index (χ0v) is 13.7. The number of hydrogen-bond acceptors (Lipinski definition) is 4. The lowest BCUT2D eigenvalue weighted by Gasteiger charge is -2.14. The Morgan fingerprint density at radius 1 is 1.17 bits per heavy atom. The SMILES string of the molecule is COC(CNS(=O)(=O)c1ccccc1F)c1cc2ccccc2o1. The molecule has 1 N–H and O–H groups in total. The largest absolute Gasteiger partial charge is 0.458 e. The lowest BCUT2D eigenvalue weighted by Crippen LogP contribution is -2.29. The average Bonchev–Trinajstić information content (AvgIpc) is 2.99. The van der Waals surface area contributed by atoms with E-state index in [0.717, 1.165) is 11.5 Å². The Balaban J connectivity index is 1.80. The van der Waals surface area contributed by atoms with Crippen molar-refractivity contribution in [2.75, 3.05) is 13.7 Å². The molecular formula is C17H16FNO4S. The molecule has 2 aromatic carbocycles. The summed E-state index contributed by atoms with van der Waals surface area (Å²) < 4.78 is 51.5. The molecule has 126 valence electrons. The number of ether oxygens (including phenoxy) is 1. The summed E-state index contributed by atoms with van der Waals surface area (Å²) >= 11 is 0. The molecule has 0 saturated carbocycles. The van der Waals surface area contributed by atoms with Crippen molar-refractivity contribution in [1.82, 2.24) is 4.72 Å². The summed E-state index contributed by atoms with van der Waals surface area (Å²) in [7, 11) is -2.53. The molecule has 1 heterocycles. The molecule has 0 saturated heterocycles. The monoisotopic (exact) mass is 349 g/mol. The highest BCUT2D eigenvalue weighted by Crippen LogP contribution is 2.25. The first-order valence-electron chi connectivity index (χ1n) is 7.27. The minimum absolute atomic E-state index is 0.0764. The Morgan fingerprint density at radius 2 is 1.88 bits per heavy atom. The summed E-state index contributed by atoms with van der Waals surface area (Å²) in [6.07, 6.45) is -0.626. The van der Waals surface area contributed by atoms with Crippen molar-refractivity contribution in [3.63, 3.8) is 0 Å². The van der Waals surface area contributed by atoms with Crippen LogP contribution in [0.3, 0.4) is 0 Å². The van der Waals surface area contributed by atoms with Gasteiger partial charge in [0.25, 0.3) is 0 Å². The van der Waals surface area contributed by atoms with Gasteiger partial charge in [-0.1, -0.05) is 30.3 Å². The molecular weight excluding hydrogens is 333 g/mol. The molecule has 0 aliphatic rings. The molecule has 0 amide bonds. The van der Waals surface area contributed by atoms with E-state index in [0.29, 0.717) is 11.3 Å². The van der Waals surface area contributed by atoms with Crippen molar-refractivity contribution in [1.29, 1.82) is 0 Å². The molecule has 24 heavy (non-hydrogen) atoms. The molecule has 1 unspecified atom stereocenters. The van der Waals surface area contributed by atoms with Crippen molar-refractivity contribution in [3.05, 3.63) is 66.2 Å². The van der Waals surface area contributed by atoms with Gasteiger partial charge in [-0.25, -0.2) is 17.5 Å². The molecule has 0 fully saturated rings. The van der Waals surface area contributed by atoms with E-state index < -0.39 is 26.8 Å². The summed E-state index contributed by atoms with van der Waals surface area (Å²) in [5.41, 5.74) is 0.687. The highest BCUT2D eigenvalue weighted by Gasteiger charge is 2.22. The van der Waals surface area contributed by atoms with Gasteiger partial charge in [0.15, 0.2) is 0 Å². The predicted octanol–water partition coefficient (Wildman–Crippen LogP) is 3.24. The molecule has 0 spiro atoms. The molecule has 1 atom stereocenters. The van der Waals surface area contributed by atoms with E-state index in [1.165, 1.54) is 25.3 Å². The number of halogens is 1. The molecule has 0 aliphatic heterocycles. The van der Waals surface area contributed by atoms with Crippen LogP contribution in [0, 0.1) is 5.82 Å². The second-order valence-corrected chi connectivity index (χ2v) is 6.93. The van der Waals surface area contributed by atoms with Crippen molar-refractivity contribution < 1.29 is 22.0 Å². The van der Waals surface area contributed by atoms with Crippen molar-refractivity contribution in [2.45, 2.75) is 11.0 Å². The van der Waals surface area contributed by atoms with Gasteiger partial charge >= 0.3 is 0 Å². The number of sulfonamides is 1. The number of furan rings is 1. The van der Waals surface area contributed by atoms with E-state index in [-0.39, 0.29) is 6.54 Å². The maximum absolute atomic E-state index is 13.7. The van der Waals surface area contributed by atoms with Crippen LogP contribution in [0.5, 0.6) is 0 Å². The standard InChI is InChI=1S/C17H16FNO4S/c1-22-16(15-10-12-6-2-4-8-14(12)23-15)11-19-24(20,21)17-9-5-3-7-13(17)18/h2-10,16,19H,11H2,1H3. The normalized spacial score (nSPS) is 13.2. The van der Waals surface area contributed by atoms with Crippen LogP contribution >= 0.6 is 0 Å². The van der Waals surface area contributed by atoms with Gasteiger partial charge in [-0.05, 0) is 24.3 Å². The number of benzene rings is 2. The summed E-state index contributed by atoms with van der Waals surface area (Å²) in [6, 6.07) is 14.4. The van der Waals surface area contributed by atoms with Crippen LogP contribution in [-0.4, -0.2) is 22.1 Å². The lowest BCUT2D eigenvalue weighted by molar-refractivity contribution is 0.0893. The Hall–Kier alpha value is -2.22. The minimum atomic E-state index is -3.98. The molecule has 7 heteroatoms. The molecule has 1 aromatic heterocycles. The van der Waals surface area contributed by atoms with Crippen LogP contribution in [0.1, 0.15) is 11.9 Å². The van der Waals surface area contributed by atoms with Crippen molar-refractivity contribution in [2.24, 2.45) is 0 Å². The Bertz CT molecular complexity index is 919. The van der Waals surface area contributed by atoms with Gasteiger partial charge in [-0.15, -0.1) is 0 Å². The summed E-state index contributed by atoms with van der Waals surface area (Å²) in [4.78, 5) is -0.399. The molecule has 3 rings (SSSR count). The van der Waals surface area contributed by atoms with Gasteiger partial charge < -0.3 is 9.15 Å². The van der Waals surface area contributed by atoms with Gasteiger partial charge in [-0.3, -0.25) is 0 Å². The van der Waals surface area contributed by atoms with E-state index in [9.17, 15) is 12.8 Å². The summed E-state index contributed by atoms with van der Waals surface area (Å²) in [5.74, 6) is -0.308. The van der Waals surface area contributed by atoms with Crippen LogP contribution in [0.4, 0.5) is 4.39 Å². The topological polar surface area (TPSA) is 68.5 Å². The third-order valence-corrected chi connectivity index (χ3v) is 5.09. The molecule has 0 aliphatic carbocycles. The van der Waals surface area contributed by atoms with Gasteiger partial charge in [0.2, 0.25) is 10.0 Å². The first-order valence-corrected chi connectivity index (χ1v) is 8.75. The number of methoxy groups -OCH3 is 1. The highest BCUT2D eigenvalue weighted by atomic mass is 32.2. The zero-order valence-electron chi connectivity index (χ0n) is 12.9. The number of rotatable bonds is 6. The quantitative estimate of drug-likeness (QED) is 0.742. The molecule has 0 radical (unpaired) electrons. The number of para-hydroxylation sites is 1. The second-order valence-electron chi connectivity index (χ2n) is 5.19. The fourth-order valence-electron chi connectivity index (χ4n) is 2.39. The first kappa shape index (κ1) is 16.6. The third kappa shape index (κ3) is 3.33. The average molecular weight is 349 g/mol. The van der Waals surface area contributed by atoms with Crippen molar-refractivity contribution >= 4 is 21.0 Å². The van der Waals surface area contributed by atoms with E-state index in [2.05, 4.69) is 4.72 Å². The van der Waals surface area contributed by atoms with Gasteiger partial charge in [0, 0.05) is 19.0 Å². The molecule has 5 nitrogen and oxygen atoms in total. The number of nitrogens with one attached hydrogen (secondary N) is 1. The zero-order chi connectivity index (χ0) is 17.2. The highest BCUT2D eigenvalue weighted by molar-refractivity contribution is 7.89. The number of fused-ring (bicyclic) bond motifs is 1. The van der Waals surface area contributed by atoms with E-state index >= 15 is 0 Å². The Morgan fingerprint density at radius 3 is 2.58 bits per heavy atom. The Labute approximate surface area is 139 Å². The second kappa shape index (κ2) is 6.72. The predicted molar refractivity (Wildman–Crippen MR) is 87.6 cm³/mol. The van der Waals surface area contributed by atoms with Crippen LogP contribution in [0.15, 0.2) is 63.9 Å². The maximum Gasteiger partial charge on any atom is 0.243 e. The van der Waals surface area contributed by atoms with Gasteiger partial charge in [-0.2, -0.15) is 0 Å². The van der Waals surface area contributed by atoms with Crippen LogP contribution < -0.4 is 4.72 Å². The lowest BCUT2D eigenvalue weighted by atomic mass is 10.2. The molecule has 3 aromatic rings. The van der Waals surface area contributed by atoms with E-state index in [4.69, 9.17) is 9.15 Å². The summed E-state index contributed by atoms with van der Waals surface area (Å²) in [5, 5.41) is 0.895. The van der Waals surface area contributed by atoms with E-state index in [1.807, 2.05) is 24.3 Å². The smallest absolute Gasteiger partial charge is 0.243 e. The minimum Gasteiger partial charge on any atom is -0.458 e. The van der Waals surface area contributed by atoms with E-state index in [1.54, 1.807) is 6.07 Å². The maximum atomic E-state index is 13.7. The fourth-order valence-corrected chi connectivity index (χ4v) is 3.50. The van der Waals surface area contributed by atoms with Gasteiger partial charge in [0.1, 0.15) is 28.2 Å². The van der Waals surface area contributed by atoms with Crippen molar-refractivity contribution in [3.8, 4) is 0 Å². The Kier molecular flexibility index (Phi) is 4.66. The van der Waals surface area contributed by atoms with Crippen LogP contribution in [0.2, 0.25) is 0 Å². The van der Waals surface area contributed by atoms with Gasteiger partial charge in [0.05, 0.1) is 0 Å². The first-order chi connectivity index (χ1) is 11.5.